The van der Waals surface area contributed by atoms with E-state index >= 15 is 0 Å². The molecule has 0 saturated carbocycles. The summed E-state index contributed by atoms with van der Waals surface area (Å²) < 4.78 is 10.2. The maximum Gasteiger partial charge on any atom is 0.420 e. The molecule has 0 aromatic carbocycles. The van der Waals surface area contributed by atoms with E-state index in [1.807, 2.05) is 19.2 Å². The van der Waals surface area contributed by atoms with E-state index < -0.39 is 18.0 Å². The molecule has 120 valence electrons. The zero-order valence-corrected chi connectivity index (χ0v) is 12.2. The fraction of sp³-hybridized carbons (Fsp3) is 0.385. The summed E-state index contributed by atoms with van der Waals surface area (Å²) in [6.07, 6.45) is -0.0711. The Morgan fingerprint density at radius 1 is 1.41 bits per heavy atom. The molecule has 0 aliphatic carbocycles. The van der Waals surface area contributed by atoms with Crippen LogP contribution in [0, 0.1) is 5.92 Å². The first-order valence-electron chi connectivity index (χ1n) is 6.41. The number of aromatic nitrogens is 1. The van der Waals surface area contributed by atoms with Crippen molar-refractivity contribution in [3.05, 3.63) is 17.8 Å². The van der Waals surface area contributed by atoms with Crippen LogP contribution in [0.2, 0.25) is 0 Å². The van der Waals surface area contributed by atoms with Gasteiger partial charge in [0, 0.05) is 12.3 Å². The van der Waals surface area contributed by atoms with Crippen LogP contribution >= 0.6 is 0 Å². The minimum Gasteiger partial charge on any atom is -0.488 e. The van der Waals surface area contributed by atoms with Crippen LogP contribution < -0.4 is 20.5 Å². The molecule has 0 bridgehead atoms. The lowest BCUT2D eigenvalue weighted by Crippen LogP contribution is -2.37. The maximum absolute atomic E-state index is 11.5. The lowest BCUT2D eigenvalue weighted by molar-refractivity contribution is -0.118. The number of nitrogens with two attached hydrogens (primary N) is 1. The van der Waals surface area contributed by atoms with Crippen molar-refractivity contribution < 1.29 is 29.0 Å². The quantitative estimate of drug-likeness (QED) is 0.685. The summed E-state index contributed by atoms with van der Waals surface area (Å²) in [6.45, 7) is 3.67. The van der Waals surface area contributed by atoms with Gasteiger partial charge in [0.2, 0.25) is 5.91 Å². The number of hydrogen-bond donors (Lipinski definition) is 3. The number of carbonyl (C=O) groups is 3. The van der Waals surface area contributed by atoms with Gasteiger partial charge in [-0.2, -0.15) is 0 Å². The van der Waals surface area contributed by atoms with Gasteiger partial charge in [0.1, 0.15) is 0 Å². The summed E-state index contributed by atoms with van der Waals surface area (Å²) in [5.41, 5.74) is 4.93. The highest BCUT2D eigenvalue weighted by Gasteiger charge is 2.17. The Morgan fingerprint density at radius 2 is 2.09 bits per heavy atom. The summed E-state index contributed by atoms with van der Waals surface area (Å²) in [7, 11) is 0. The number of carboxylic acids is 1. The van der Waals surface area contributed by atoms with Crippen LogP contribution in [0.1, 0.15) is 24.2 Å². The van der Waals surface area contributed by atoms with Gasteiger partial charge in [-0.25, -0.2) is 14.6 Å². The van der Waals surface area contributed by atoms with Crippen molar-refractivity contribution in [2.45, 2.75) is 13.8 Å². The van der Waals surface area contributed by atoms with Gasteiger partial charge >= 0.3 is 12.1 Å². The molecule has 2 amide bonds. The van der Waals surface area contributed by atoms with Crippen molar-refractivity contribution in [2.24, 2.45) is 11.7 Å². The number of ether oxygens (including phenoxy) is 2. The molecule has 4 N–H and O–H groups in total. The summed E-state index contributed by atoms with van der Waals surface area (Å²) in [5, 5.41) is 10.8. The molecule has 1 heterocycles. The van der Waals surface area contributed by atoms with E-state index in [1.54, 1.807) is 0 Å². The smallest absolute Gasteiger partial charge is 0.420 e. The van der Waals surface area contributed by atoms with E-state index in [2.05, 4.69) is 4.98 Å². The minimum atomic E-state index is -1.20. The number of aromatic carboxylic acids is 1. The molecule has 1 rings (SSSR count). The Morgan fingerprint density at radius 3 is 2.64 bits per heavy atom. The molecule has 0 aliphatic rings. The average molecular weight is 311 g/mol. The third-order valence-electron chi connectivity index (χ3n) is 2.25. The number of carboxylic acid groups (broad SMARTS) is 1. The average Bonchev–Trinajstić information content (AvgIpc) is 2.45. The molecule has 0 radical (unpaired) electrons. The van der Waals surface area contributed by atoms with Gasteiger partial charge in [0.05, 0.1) is 18.7 Å². The molecule has 9 nitrogen and oxygen atoms in total. The fourth-order valence-corrected chi connectivity index (χ4v) is 1.26. The largest absolute Gasteiger partial charge is 0.488 e. The maximum atomic E-state index is 11.5. The molecular weight excluding hydrogens is 294 g/mol. The standard InChI is InChI=1S/C13H17N3O6/c1-7(2)6-21-9-3-8(12(18)19)5-15-11(9)22-13(20)16-10(17)4-14/h3,5,7H,4,6,14H2,1-2H3,(H,18,19)(H,16,17,20). The number of amides is 2. The van der Waals surface area contributed by atoms with Crippen molar-refractivity contribution >= 4 is 18.0 Å². The molecule has 0 unspecified atom stereocenters. The minimum absolute atomic E-state index is 0.0102. The predicted molar refractivity (Wildman–Crippen MR) is 74.8 cm³/mol. The first-order chi connectivity index (χ1) is 10.3. The Bertz CT molecular complexity index is 573. The van der Waals surface area contributed by atoms with Gasteiger partial charge in [-0.15, -0.1) is 0 Å². The van der Waals surface area contributed by atoms with Gasteiger partial charge in [-0.1, -0.05) is 13.8 Å². The molecule has 0 saturated heterocycles. The van der Waals surface area contributed by atoms with Crippen molar-refractivity contribution in [1.29, 1.82) is 0 Å². The molecule has 22 heavy (non-hydrogen) atoms. The highest BCUT2D eigenvalue weighted by Crippen LogP contribution is 2.26. The Kier molecular flexibility index (Phi) is 6.26. The van der Waals surface area contributed by atoms with Crippen LogP contribution in [0.25, 0.3) is 0 Å². The van der Waals surface area contributed by atoms with Gasteiger partial charge < -0.3 is 20.3 Å². The van der Waals surface area contributed by atoms with E-state index in [4.69, 9.17) is 20.3 Å². The third kappa shape index (κ3) is 5.37. The molecular formula is C13H17N3O6. The number of carbonyl (C=O) groups excluding carboxylic acids is 2. The van der Waals surface area contributed by atoms with E-state index in [1.165, 1.54) is 6.07 Å². The van der Waals surface area contributed by atoms with E-state index in [9.17, 15) is 14.4 Å². The Balaban J connectivity index is 2.93. The van der Waals surface area contributed by atoms with Gasteiger partial charge in [0.15, 0.2) is 5.75 Å². The van der Waals surface area contributed by atoms with Crippen LogP contribution in [-0.4, -0.2) is 41.2 Å². The zero-order chi connectivity index (χ0) is 16.7. The molecule has 0 spiro atoms. The van der Waals surface area contributed by atoms with Crippen molar-refractivity contribution in [3.63, 3.8) is 0 Å². The molecule has 1 aromatic heterocycles. The summed E-state index contributed by atoms with van der Waals surface area (Å²) in [4.78, 5) is 37.1. The summed E-state index contributed by atoms with van der Waals surface area (Å²) in [6, 6.07) is 1.19. The number of nitrogens with one attached hydrogen (secondary N) is 1. The highest BCUT2D eigenvalue weighted by atomic mass is 16.6. The van der Waals surface area contributed by atoms with E-state index in [-0.39, 0.29) is 36.3 Å². The predicted octanol–water partition coefficient (Wildman–Crippen LogP) is 0.388. The van der Waals surface area contributed by atoms with E-state index in [0.717, 1.165) is 6.20 Å². The van der Waals surface area contributed by atoms with Crippen molar-refractivity contribution in [3.8, 4) is 11.6 Å². The van der Waals surface area contributed by atoms with Crippen LogP contribution in [0.5, 0.6) is 11.6 Å². The molecule has 0 aliphatic heterocycles. The second-order valence-corrected chi connectivity index (χ2v) is 4.68. The SMILES string of the molecule is CC(C)COc1cc(C(=O)O)cnc1OC(=O)NC(=O)CN. The van der Waals surface area contributed by atoms with Gasteiger partial charge in [-0.05, 0) is 5.92 Å². The number of hydrogen-bond acceptors (Lipinski definition) is 7. The number of rotatable bonds is 6. The lowest BCUT2D eigenvalue weighted by Gasteiger charge is -2.12. The monoisotopic (exact) mass is 311 g/mol. The molecule has 1 aromatic rings. The zero-order valence-electron chi connectivity index (χ0n) is 12.2. The Labute approximate surface area is 126 Å². The molecule has 9 heteroatoms. The van der Waals surface area contributed by atoms with Crippen LogP contribution in [-0.2, 0) is 4.79 Å². The first kappa shape index (κ1) is 17.4. The Hall–Kier alpha value is -2.68. The number of nitrogens with zero attached hydrogens (tertiary/aromatic N) is 1. The first-order valence-corrected chi connectivity index (χ1v) is 6.41. The lowest BCUT2D eigenvalue weighted by atomic mass is 10.2. The van der Waals surface area contributed by atoms with Gasteiger partial charge in [-0.3, -0.25) is 10.1 Å². The molecule has 0 atom stereocenters. The normalized spacial score (nSPS) is 10.2. The molecule has 0 fully saturated rings. The van der Waals surface area contributed by atoms with Crippen LogP contribution in [0.15, 0.2) is 12.3 Å². The number of imide groups is 1. The van der Waals surface area contributed by atoms with Crippen molar-refractivity contribution in [2.75, 3.05) is 13.2 Å². The van der Waals surface area contributed by atoms with E-state index in [0.29, 0.717) is 0 Å². The second-order valence-electron chi connectivity index (χ2n) is 4.68. The third-order valence-corrected chi connectivity index (χ3v) is 2.25. The second kappa shape index (κ2) is 7.93. The highest BCUT2D eigenvalue weighted by molar-refractivity contribution is 5.93. The van der Waals surface area contributed by atoms with Crippen LogP contribution in [0.3, 0.4) is 0 Å². The van der Waals surface area contributed by atoms with Crippen LogP contribution in [0.4, 0.5) is 4.79 Å². The van der Waals surface area contributed by atoms with Crippen molar-refractivity contribution in [1.82, 2.24) is 10.3 Å². The topological polar surface area (TPSA) is 141 Å². The number of pyridine rings is 1. The summed E-state index contributed by atoms with van der Waals surface area (Å²) in [5.74, 6) is -2.01. The summed E-state index contributed by atoms with van der Waals surface area (Å²) >= 11 is 0. The van der Waals surface area contributed by atoms with Gasteiger partial charge in [0.25, 0.3) is 5.88 Å². The fourth-order valence-electron chi connectivity index (χ4n) is 1.26.